The molecule has 0 aliphatic carbocycles. The first kappa shape index (κ1) is 11.6. The van der Waals surface area contributed by atoms with Crippen molar-refractivity contribution in [1.29, 1.82) is 0 Å². The topological polar surface area (TPSA) is 50.7 Å². The molecule has 0 unspecified atom stereocenters. The first-order valence-corrected chi connectivity index (χ1v) is 6.29. The van der Waals surface area contributed by atoms with Crippen molar-refractivity contribution in [1.82, 2.24) is 15.0 Å². The van der Waals surface area contributed by atoms with Crippen molar-refractivity contribution in [2.75, 3.05) is 11.9 Å². The van der Waals surface area contributed by atoms with Crippen molar-refractivity contribution in [2.24, 2.45) is 0 Å². The highest BCUT2D eigenvalue weighted by Crippen LogP contribution is 2.25. The number of anilines is 1. The molecule has 0 atom stereocenters. The number of nitrogens with zero attached hydrogens (tertiary/aromatic N) is 3. The van der Waals surface area contributed by atoms with E-state index < -0.39 is 0 Å². The predicted octanol–water partition coefficient (Wildman–Crippen LogP) is 3.12. The number of pyridine rings is 1. The van der Waals surface area contributed by atoms with Gasteiger partial charge < -0.3 is 5.32 Å². The number of nitrogens with one attached hydrogen (secondary N) is 1. The monoisotopic (exact) mass is 250 g/mol. The molecule has 1 N–H and O–H groups in total. The molecule has 94 valence electrons. The van der Waals surface area contributed by atoms with Gasteiger partial charge in [-0.25, -0.2) is 9.97 Å². The summed E-state index contributed by atoms with van der Waals surface area (Å²) >= 11 is 0. The number of aromatic nitrogens is 3. The van der Waals surface area contributed by atoms with Crippen molar-refractivity contribution < 1.29 is 0 Å². The van der Waals surface area contributed by atoms with Crippen LogP contribution in [0.15, 0.2) is 48.8 Å². The molecule has 0 saturated carbocycles. The molecule has 0 aliphatic rings. The van der Waals surface area contributed by atoms with E-state index in [2.05, 4.69) is 32.4 Å². The Labute approximate surface area is 111 Å². The third kappa shape index (κ3) is 2.25. The van der Waals surface area contributed by atoms with Crippen LogP contribution < -0.4 is 5.32 Å². The number of fused-ring (bicyclic) bond motifs is 1. The summed E-state index contributed by atoms with van der Waals surface area (Å²) in [6.45, 7) is 2.83. The lowest BCUT2D eigenvalue weighted by Crippen LogP contribution is -2.02. The lowest BCUT2D eigenvalue weighted by atomic mass is 10.1. The number of para-hydroxylation sites is 1. The van der Waals surface area contributed by atoms with Gasteiger partial charge in [0, 0.05) is 29.9 Å². The van der Waals surface area contributed by atoms with Crippen molar-refractivity contribution in [3.63, 3.8) is 0 Å². The second-order valence-corrected chi connectivity index (χ2v) is 4.18. The Bertz CT molecular complexity index is 704. The number of benzene rings is 1. The smallest absolute Gasteiger partial charge is 0.223 e. The molecule has 0 amide bonds. The summed E-state index contributed by atoms with van der Waals surface area (Å²) in [4.78, 5) is 13.2. The number of hydrogen-bond acceptors (Lipinski definition) is 4. The van der Waals surface area contributed by atoms with Gasteiger partial charge in [0.05, 0.1) is 11.2 Å². The average Bonchev–Trinajstić information content (AvgIpc) is 2.47. The molecule has 0 spiro atoms. The van der Waals surface area contributed by atoms with Crippen molar-refractivity contribution in [3.8, 4) is 11.3 Å². The molecular formula is C15H14N4. The second-order valence-electron chi connectivity index (χ2n) is 4.18. The van der Waals surface area contributed by atoms with E-state index in [-0.39, 0.29) is 0 Å². The molecule has 0 aliphatic heterocycles. The van der Waals surface area contributed by atoms with Gasteiger partial charge in [-0.3, -0.25) is 4.98 Å². The minimum Gasteiger partial charge on any atom is -0.354 e. The van der Waals surface area contributed by atoms with E-state index in [0.717, 1.165) is 28.7 Å². The highest BCUT2D eigenvalue weighted by Gasteiger charge is 2.06. The summed E-state index contributed by atoms with van der Waals surface area (Å²) in [5, 5.41) is 4.24. The largest absolute Gasteiger partial charge is 0.354 e. The summed E-state index contributed by atoms with van der Waals surface area (Å²) in [6, 6.07) is 12.0. The average molecular weight is 250 g/mol. The van der Waals surface area contributed by atoms with E-state index in [1.807, 2.05) is 31.2 Å². The quantitative estimate of drug-likeness (QED) is 0.776. The Morgan fingerprint density at radius 1 is 1.00 bits per heavy atom. The van der Waals surface area contributed by atoms with Crippen LogP contribution in [0.25, 0.3) is 22.2 Å². The molecular weight excluding hydrogens is 236 g/mol. The third-order valence-corrected chi connectivity index (χ3v) is 2.90. The highest BCUT2D eigenvalue weighted by molar-refractivity contribution is 5.92. The van der Waals surface area contributed by atoms with Crippen LogP contribution in [0, 0.1) is 0 Å². The van der Waals surface area contributed by atoms with E-state index in [9.17, 15) is 0 Å². The lowest BCUT2D eigenvalue weighted by molar-refractivity contribution is 1.09. The van der Waals surface area contributed by atoms with Gasteiger partial charge in [-0.05, 0) is 19.1 Å². The molecule has 0 radical (unpaired) electrons. The molecule has 2 heterocycles. The Kier molecular flexibility index (Phi) is 3.06. The summed E-state index contributed by atoms with van der Waals surface area (Å²) in [5.74, 6) is 0.646. The molecule has 1 aromatic carbocycles. The fraction of sp³-hybridized carbons (Fsp3) is 0.133. The molecule has 3 aromatic rings. The van der Waals surface area contributed by atoms with Gasteiger partial charge >= 0.3 is 0 Å². The number of rotatable bonds is 3. The standard InChI is InChI=1S/C15H14N4/c1-2-16-15-18-10-8-13(19-15)12-7-3-5-11-6-4-9-17-14(11)12/h3-10H,2H2,1H3,(H,16,18,19). The van der Waals surface area contributed by atoms with Gasteiger partial charge in [0.25, 0.3) is 0 Å². The van der Waals surface area contributed by atoms with Crippen LogP contribution in [0.3, 0.4) is 0 Å². The summed E-state index contributed by atoms with van der Waals surface area (Å²) in [7, 11) is 0. The van der Waals surface area contributed by atoms with Gasteiger partial charge in [0.15, 0.2) is 0 Å². The predicted molar refractivity (Wildman–Crippen MR) is 76.9 cm³/mol. The first-order chi connectivity index (χ1) is 9.38. The van der Waals surface area contributed by atoms with Gasteiger partial charge in [0.1, 0.15) is 0 Å². The van der Waals surface area contributed by atoms with E-state index in [4.69, 9.17) is 0 Å². The van der Waals surface area contributed by atoms with Gasteiger partial charge in [-0.15, -0.1) is 0 Å². The zero-order valence-electron chi connectivity index (χ0n) is 10.7. The van der Waals surface area contributed by atoms with Crippen LogP contribution >= 0.6 is 0 Å². The zero-order chi connectivity index (χ0) is 13.1. The zero-order valence-corrected chi connectivity index (χ0v) is 10.7. The van der Waals surface area contributed by atoms with Crippen LogP contribution in [0.2, 0.25) is 0 Å². The van der Waals surface area contributed by atoms with Crippen molar-refractivity contribution in [3.05, 3.63) is 48.8 Å². The van der Waals surface area contributed by atoms with E-state index >= 15 is 0 Å². The molecule has 0 saturated heterocycles. The molecule has 4 nitrogen and oxygen atoms in total. The lowest BCUT2D eigenvalue weighted by Gasteiger charge is -2.07. The summed E-state index contributed by atoms with van der Waals surface area (Å²) in [6.07, 6.45) is 3.57. The van der Waals surface area contributed by atoms with Crippen LogP contribution in [-0.2, 0) is 0 Å². The normalized spacial score (nSPS) is 10.6. The van der Waals surface area contributed by atoms with Crippen LogP contribution in [0.4, 0.5) is 5.95 Å². The maximum Gasteiger partial charge on any atom is 0.223 e. The van der Waals surface area contributed by atoms with Gasteiger partial charge in [-0.1, -0.05) is 24.3 Å². The Morgan fingerprint density at radius 3 is 2.79 bits per heavy atom. The molecule has 4 heteroatoms. The molecule has 19 heavy (non-hydrogen) atoms. The van der Waals surface area contributed by atoms with E-state index in [1.54, 1.807) is 12.4 Å². The first-order valence-electron chi connectivity index (χ1n) is 6.29. The minimum atomic E-state index is 0.646. The maximum absolute atomic E-state index is 4.52. The summed E-state index contributed by atoms with van der Waals surface area (Å²) < 4.78 is 0. The van der Waals surface area contributed by atoms with Crippen molar-refractivity contribution >= 4 is 16.9 Å². The molecule has 0 bridgehead atoms. The number of hydrogen-bond donors (Lipinski definition) is 1. The maximum atomic E-state index is 4.52. The third-order valence-electron chi connectivity index (χ3n) is 2.90. The van der Waals surface area contributed by atoms with Crippen LogP contribution in [0.1, 0.15) is 6.92 Å². The van der Waals surface area contributed by atoms with E-state index in [0.29, 0.717) is 5.95 Å². The highest BCUT2D eigenvalue weighted by atomic mass is 15.1. The Hall–Kier alpha value is -2.49. The molecule has 3 rings (SSSR count). The van der Waals surface area contributed by atoms with Gasteiger partial charge in [0.2, 0.25) is 5.95 Å². The second kappa shape index (κ2) is 5.02. The van der Waals surface area contributed by atoms with Crippen molar-refractivity contribution in [2.45, 2.75) is 6.92 Å². The van der Waals surface area contributed by atoms with Crippen LogP contribution in [-0.4, -0.2) is 21.5 Å². The van der Waals surface area contributed by atoms with Crippen LogP contribution in [0.5, 0.6) is 0 Å². The van der Waals surface area contributed by atoms with E-state index in [1.165, 1.54) is 0 Å². The SMILES string of the molecule is CCNc1nccc(-c2cccc3cccnc23)n1. The molecule has 0 fully saturated rings. The fourth-order valence-electron chi connectivity index (χ4n) is 2.06. The Balaban J connectivity index is 2.16. The Morgan fingerprint density at radius 2 is 1.89 bits per heavy atom. The fourth-order valence-corrected chi connectivity index (χ4v) is 2.06. The molecule has 2 aromatic heterocycles. The minimum absolute atomic E-state index is 0.646. The summed E-state index contributed by atoms with van der Waals surface area (Å²) in [5.41, 5.74) is 2.88. The van der Waals surface area contributed by atoms with Gasteiger partial charge in [-0.2, -0.15) is 0 Å².